The minimum Gasteiger partial charge on any atom is -0.480 e. The van der Waals surface area contributed by atoms with Crippen LogP contribution in [0.3, 0.4) is 0 Å². The molecule has 0 aromatic carbocycles. The van der Waals surface area contributed by atoms with E-state index in [1.807, 2.05) is 16.8 Å². The molecule has 1 heterocycles. The molecule has 0 fully saturated rings. The highest BCUT2D eigenvalue weighted by molar-refractivity contribution is 7.07. The van der Waals surface area contributed by atoms with Gasteiger partial charge in [0.2, 0.25) is 0 Å². The number of nitrogens with one attached hydrogen (secondary N) is 1. The van der Waals surface area contributed by atoms with Crippen LogP contribution in [0.15, 0.2) is 16.8 Å². The summed E-state index contributed by atoms with van der Waals surface area (Å²) in [5.74, 6) is -1.03. The first-order chi connectivity index (χ1) is 8.35. The van der Waals surface area contributed by atoms with Gasteiger partial charge in [-0.25, -0.2) is 9.59 Å². The topological polar surface area (TPSA) is 69.6 Å². The molecule has 0 bridgehead atoms. The van der Waals surface area contributed by atoms with Gasteiger partial charge in [-0.3, -0.25) is 0 Å². The summed E-state index contributed by atoms with van der Waals surface area (Å²) in [6.45, 7) is 3.48. The standard InChI is InChI=1S/C12H18N2O3S/c1-12(2,10(15)16)14(3)11(17)13-6-4-9-5-7-18-8-9/h5,7-8H,4,6H2,1-3H3,(H,13,17)(H,15,16). The first-order valence-corrected chi connectivity index (χ1v) is 6.56. The molecule has 0 aliphatic carbocycles. The molecule has 1 aromatic rings. The number of thiophene rings is 1. The fourth-order valence-corrected chi connectivity index (χ4v) is 1.97. The van der Waals surface area contributed by atoms with E-state index in [-0.39, 0.29) is 6.03 Å². The molecule has 2 N–H and O–H groups in total. The number of hydrogen-bond donors (Lipinski definition) is 2. The Bertz CT molecular complexity index is 415. The van der Waals surface area contributed by atoms with Gasteiger partial charge in [-0.15, -0.1) is 0 Å². The number of carbonyl (C=O) groups excluding carboxylic acids is 1. The first-order valence-electron chi connectivity index (χ1n) is 5.62. The number of carboxylic acid groups (broad SMARTS) is 1. The average Bonchev–Trinajstić information content (AvgIpc) is 2.80. The zero-order chi connectivity index (χ0) is 13.8. The van der Waals surface area contributed by atoms with E-state index < -0.39 is 11.5 Å². The van der Waals surface area contributed by atoms with Gasteiger partial charge in [0.05, 0.1) is 0 Å². The van der Waals surface area contributed by atoms with Crippen LogP contribution >= 0.6 is 11.3 Å². The van der Waals surface area contributed by atoms with Gasteiger partial charge in [-0.05, 0) is 42.7 Å². The van der Waals surface area contributed by atoms with Gasteiger partial charge in [0, 0.05) is 13.6 Å². The van der Waals surface area contributed by atoms with Crippen LogP contribution in [0.5, 0.6) is 0 Å². The quantitative estimate of drug-likeness (QED) is 0.857. The van der Waals surface area contributed by atoms with Crippen molar-refractivity contribution >= 4 is 23.3 Å². The van der Waals surface area contributed by atoms with Gasteiger partial charge in [0.1, 0.15) is 5.54 Å². The molecule has 6 heteroatoms. The highest BCUT2D eigenvalue weighted by Crippen LogP contribution is 2.12. The second-order valence-electron chi connectivity index (χ2n) is 4.54. The summed E-state index contributed by atoms with van der Waals surface area (Å²) in [6.07, 6.45) is 0.747. The summed E-state index contributed by atoms with van der Waals surface area (Å²) in [6, 6.07) is 1.62. The smallest absolute Gasteiger partial charge is 0.329 e. The predicted molar refractivity (Wildman–Crippen MR) is 70.9 cm³/mol. The number of nitrogens with zero attached hydrogens (tertiary/aromatic N) is 1. The van der Waals surface area contributed by atoms with E-state index in [4.69, 9.17) is 5.11 Å². The zero-order valence-electron chi connectivity index (χ0n) is 10.8. The van der Waals surface area contributed by atoms with Crippen LogP contribution < -0.4 is 5.32 Å². The molecule has 5 nitrogen and oxygen atoms in total. The Labute approximate surface area is 110 Å². The van der Waals surface area contributed by atoms with E-state index in [0.717, 1.165) is 6.42 Å². The highest BCUT2D eigenvalue weighted by Gasteiger charge is 2.34. The molecule has 1 aromatic heterocycles. The van der Waals surface area contributed by atoms with E-state index in [9.17, 15) is 9.59 Å². The lowest BCUT2D eigenvalue weighted by molar-refractivity contribution is -0.146. The van der Waals surface area contributed by atoms with Crippen LogP contribution in [0.1, 0.15) is 19.4 Å². The number of likely N-dealkylation sites (N-methyl/N-ethyl adjacent to an activating group) is 1. The Morgan fingerprint density at radius 2 is 2.17 bits per heavy atom. The van der Waals surface area contributed by atoms with E-state index in [1.54, 1.807) is 11.3 Å². The van der Waals surface area contributed by atoms with Gasteiger partial charge in [0.15, 0.2) is 0 Å². The zero-order valence-corrected chi connectivity index (χ0v) is 11.6. The third-order valence-electron chi connectivity index (χ3n) is 2.94. The first kappa shape index (κ1) is 14.5. The monoisotopic (exact) mass is 270 g/mol. The molecule has 0 aliphatic heterocycles. The second-order valence-corrected chi connectivity index (χ2v) is 5.32. The van der Waals surface area contributed by atoms with Gasteiger partial charge in [-0.1, -0.05) is 0 Å². The molecular weight excluding hydrogens is 252 g/mol. The van der Waals surface area contributed by atoms with Crippen LogP contribution in [-0.2, 0) is 11.2 Å². The molecule has 18 heavy (non-hydrogen) atoms. The van der Waals surface area contributed by atoms with Gasteiger partial charge < -0.3 is 15.3 Å². The van der Waals surface area contributed by atoms with E-state index in [1.165, 1.54) is 31.4 Å². The van der Waals surface area contributed by atoms with Crippen molar-refractivity contribution in [3.05, 3.63) is 22.4 Å². The Morgan fingerprint density at radius 1 is 1.50 bits per heavy atom. The third-order valence-corrected chi connectivity index (χ3v) is 3.67. The maximum Gasteiger partial charge on any atom is 0.329 e. The van der Waals surface area contributed by atoms with Crippen molar-refractivity contribution in [2.75, 3.05) is 13.6 Å². The minimum atomic E-state index is -1.22. The highest BCUT2D eigenvalue weighted by atomic mass is 32.1. The fourth-order valence-electron chi connectivity index (χ4n) is 1.26. The molecule has 0 aliphatic rings. The Balaban J connectivity index is 2.43. The summed E-state index contributed by atoms with van der Waals surface area (Å²) in [5.41, 5.74) is -0.0487. The largest absolute Gasteiger partial charge is 0.480 e. The summed E-state index contributed by atoms with van der Waals surface area (Å²) in [4.78, 5) is 24.0. The summed E-state index contributed by atoms with van der Waals surface area (Å²) in [5, 5.41) is 15.7. The average molecular weight is 270 g/mol. The predicted octanol–water partition coefficient (Wildman–Crippen LogP) is 1.80. The van der Waals surface area contributed by atoms with Crippen LogP contribution in [-0.4, -0.2) is 41.1 Å². The molecule has 0 saturated heterocycles. The van der Waals surface area contributed by atoms with Crippen LogP contribution in [0.2, 0.25) is 0 Å². The van der Waals surface area contributed by atoms with E-state index in [2.05, 4.69) is 5.32 Å². The van der Waals surface area contributed by atoms with Gasteiger partial charge >= 0.3 is 12.0 Å². The van der Waals surface area contributed by atoms with Crippen molar-refractivity contribution in [1.82, 2.24) is 10.2 Å². The number of amides is 2. The summed E-state index contributed by atoms with van der Waals surface area (Å²) >= 11 is 1.61. The lowest BCUT2D eigenvalue weighted by Gasteiger charge is -2.31. The summed E-state index contributed by atoms with van der Waals surface area (Å²) in [7, 11) is 1.48. The Hall–Kier alpha value is -1.56. The molecule has 1 rings (SSSR count). The SMILES string of the molecule is CN(C(=O)NCCc1ccsc1)C(C)(C)C(=O)O. The Kier molecular flexibility index (Phi) is 4.72. The van der Waals surface area contributed by atoms with Crippen LogP contribution in [0.25, 0.3) is 0 Å². The maximum atomic E-state index is 11.8. The molecule has 100 valence electrons. The van der Waals surface area contributed by atoms with Crippen molar-refractivity contribution in [2.45, 2.75) is 25.8 Å². The van der Waals surface area contributed by atoms with Crippen molar-refractivity contribution in [3.8, 4) is 0 Å². The lowest BCUT2D eigenvalue weighted by Crippen LogP contribution is -2.54. The number of hydrogen-bond acceptors (Lipinski definition) is 3. The molecule has 0 spiro atoms. The number of aliphatic carboxylic acids is 1. The fraction of sp³-hybridized carbons (Fsp3) is 0.500. The molecule has 0 atom stereocenters. The third kappa shape index (κ3) is 3.46. The van der Waals surface area contributed by atoms with Gasteiger partial charge in [0.25, 0.3) is 0 Å². The number of urea groups is 1. The van der Waals surface area contributed by atoms with E-state index >= 15 is 0 Å². The van der Waals surface area contributed by atoms with Crippen LogP contribution in [0.4, 0.5) is 4.79 Å². The molecular formula is C12H18N2O3S. The van der Waals surface area contributed by atoms with Crippen molar-refractivity contribution < 1.29 is 14.7 Å². The van der Waals surface area contributed by atoms with Gasteiger partial charge in [-0.2, -0.15) is 11.3 Å². The minimum absolute atomic E-state index is 0.377. The maximum absolute atomic E-state index is 11.8. The lowest BCUT2D eigenvalue weighted by atomic mass is 10.1. The molecule has 0 radical (unpaired) electrons. The molecule has 0 unspecified atom stereocenters. The number of carbonyl (C=O) groups is 2. The molecule has 2 amide bonds. The molecule has 0 saturated carbocycles. The van der Waals surface area contributed by atoms with Crippen molar-refractivity contribution in [3.63, 3.8) is 0 Å². The normalized spacial score (nSPS) is 11.1. The number of carboxylic acids is 1. The van der Waals surface area contributed by atoms with E-state index in [0.29, 0.717) is 6.54 Å². The van der Waals surface area contributed by atoms with Crippen LogP contribution in [0, 0.1) is 0 Å². The second kappa shape index (κ2) is 5.86. The van der Waals surface area contributed by atoms with Crippen molar-refractivity contribution in [1.29, 1.82) is 0 Å². The Morgan fingerprint density at radius 3 is 2.67 bits per heavy atom. The van der Waals surface area contributed by atoms with Crippen molar-refractivity contribution in [2.24, 2.45) is 0 Å². The summed E-state index contributed by atoms with van der Waals surface area (Å²) < 4.78 is 0. The number of rotatable bonds is 5.